The molecule has 2 rings (SSSR count). The molecule has 0 saturated carbocycles. The van der Waals surface area contributed by atoms with E-state index in [0.717, 1.165) is 20.9 Å². The van der Waals surface area contributed by atoms with Crippen LogP contribution in [-0.2, 0) is 6.61 Å². The topological polar surface area (TPSA) is 20.2 Å². The predicted octanol–water partition coefficient (Wildman–Crippen LogP) is 4.95. The van der Waals surface area contributed by atoms with Crippen LogP contribution in [0.4, 0.5) is 0 Å². The number of halogens is 2. The van der Waals surface area contributed by atoms with Crippen molar-refractivity contribution in [2.75, 3.05) is 0 Å². The number of benzene rings is 2. The van der Waals surface area contributed by atoms with Gasteiger partial charge in [0.25, 0.3) is 0 Å². The van der Waals surface area contributed by atoms with Crippen LogP contribution in [-0.4, -0.2) is 5.11 Å². The van der Waals surface area contributed by atoms with Crippen LogP contribution in [0.2, 0.25) is 10.0 Å². The van der Waals surface area contributed by atoms with E-state index in [0.29, 0.717) is 10.0 Å². The minimum Gasteiger partial charge on any atom is -0.392 e. The van der Waals surface area contributed by atoms with E-state index in [2.05, 4.69) is 0 Å². The number of aryl methyl sites for hydroxylation is 1. The van der Waals surface area contributed by atoms with E-state index in [1.807, 2.05) is 37.3 Å². The van der Waals surface area contributed by atoms with Crippen LogP contribution in [0.15, 0.2) is 46.2 Å². The van der Waals surface area contributed by atoms with Crippen LogP contribution in [0.25, 0.3) is 0 Å². The molecule has 0 atom stereocenters. The zero-order valence-electron chi connectivity index (χ0n) is 9.78. The maximum absolute atomic E-state index is 9.36. The van der Waals surface area contributed by atoms with Gasteiger partial charge in [-0.15, -0.1) is 0 Å². The number of aliphatic hydroxyl groups excluding tert-OH is 1. The first-order valence-electron chi connectivity index (χ1n) is 5.43. The summed E-state index contributed by atoms with van der Waals surface area (Å²) in [5.41, 5.74) is 2.06. The molecule has 0 heterocycles. The Morgan fingerprint density at radius 1 is 1.06 bits per heavy atom. The highest BCUT2D eigenvalue weighted by Crippen LogP contribution is 2.34. The number of rotatable bonds is 3. The van der Waals surface area contributed by atoms with E-state index >= 15 is 0 Å². The Kier molecular flexibility index (Phi) is 4.57. The Labute approximate surface area is 121 Å². The van der Waals surface area contributed by atoms with Gasteiger partial charge < -0.3 is 5.11 Å². The van der Waals surface area contributed by atoms with Gasteiger partial charge in [-0.3, -0.25) is 0 Å². The summed E-state index contributed by atoms with van der Waals surface area (Å²) in [4.78, 5) is 2.03. The second kappa shape index (κ2) is 5.98. The quantitative estimate of drug-likeness (QED) is 0.865. The lowest BCUT2D eigenvalue weighted by atomic mass is 10.1. The minimum atomic E-state index is 0.0331. The first-order chi connectivity index (χ1) is 8.60. The van der Waals surface area contributed by atoms with Crippen molar-refractivity contribution in [1.82, 2.24) is 0 Å². The first kappa shape index (κ1) is 13.8. The number of hydrogen-bond acceptors (Lipinski definition) is 2. The van der Waals surface area contributed by atoms with Crippen LogP contribution in [0.5, 0.6) is 0 Å². The molecule has 0 unspecified atom stereocenters. The van der Waals surface area contributed by atoms with Crippen molar-refractivity contribution >= 4 is 35.0 Å². The second-order valence-corrected chi connectivity index (χ2v) is 5.88. The van der Waals surface area contributed by atoms with Crippen molar-refractivity contribution in [3.05, 3.63) is 57.6 Å². The molecule has 0 aliphatic carbocycles. The Morgan fingerprint density at radius 2 is 1.83 bits per heavy atom. The van der Waals surface area contributed by atoms with E-state index in [1.54, 1.807) is 17.8 Å². The van der Waals surface area contributed by atoms with E-state index < -0.39 is 0 Å². The van der Waals surface area contributed by atoms with E-state index in [1.165, 1.54) is 0 Å². The molecule has 0 fully saturated rings. The number of hydrogen-bond donors (Lipinski definition) is 1. The Morgan fingerprint density at radius 3 is 2.50 bits per heavy atom. The number of aliphatic hydroxyl groups is 1. The molecule has 0 spiro atoms. The fourth-order valence-electron chi connectivity index (χ4n) is 1.60. The van der Waals surface area contributed by atoms with E-state index in [-0.39, 0.29) is 6.61 Å². The molecule has 18 heavy (non-hydrogen) atoms. The third-order valence-corrected chi connectivity index (χ3v) is 4.35. The molecule has 0 bridgehead atoms. The molecule has 0 amide bonds. The summed E-state index contributed by atoms with van der Waals surface area (Å²) in [5, 5.41) is 10.4. The normalized spacial score (nSPS) is 10.7. The van der Waals surface area contributed by atoms with Gasteiger partial charge in [0.1, 0.15) is 0 Å². The SMILES string of the molecule is Cc1ccc(Sc2ccc(Cl)c(Cl)c2)c(CO)c1. The largest absolute Gasteiger partial charge is 0.392 e. The molecule has 0 aliphatic heterocycles. The highest BCUT2D eigenvalue weighted by Gasteiger charge is 2.06. The maximum atomic E-state index is 9.36. The Bertz CT molecular complexity index is 570. The Hall–Kier alpha value is -0.670. The maximum Gasteiger partial charge on any atom is 0.0692 e. The molecular weight excluding hydrogens is 287 g/mol. The average Bonchev–Trinajstić information content (AvgIpc) is 2.36. The van der Waals surface area contributed by atoms with Gasteiger partial charge in [0.15, 0.2) is 0 Å². The van der Waals surface area contributed by atoms with Crippen molar-refractivity contribution in [3.63, 3.8) is 0 Å². The van der Waals surface area contributed by atoms with Crippen LogP contribution in [0.1, 0.15) is 11.1 Å². The smallest absolute Gasteiger partial charge is 0.0692 e. The van der Waals surface area contributed by atoms with Gasteiger partial charge in [0, 0.05) is 9.79 Å². The molecule has 0 aromatic heterocycles. The lowest BCUT2D eigenvalue weighted by molar-refractivity contribution is 0.279. The lowest BCUT2D eigenvalue weighted by Crippen LogP contribution is -1.88. The summed E-state index contributed by atoms with van der Waals surface area (Å²) in [6.07, 6.45) is 0. The van der Waals surface area contributed by atoms with E-state index in [4.69, 9.17) is 23.2 Å². The van der Waals surface area contributed by atoms with Gasteiger partial charge in [0.2, 0.25) is 0 Å². The van der Waals surface area contributed by atoms with Crippen molar-refractivity contribution < 1.29 is 5.11 Å². The standard InChI is InChI=1S/C14H12Cl2OS/c1-9-2-5-14(10(6-9)8-17)18-11-3-4-12(15)13(16)7-11/h2-7,17H,8H2,1H3. The molecule has 2 aromatic rings. The van der Waals surface area contributed by atoms with Gasteiger partial charge in [-0.1, -0.05) is 52.7 Å². The summed E-state index contributed by atoms with van der Waals surface area (Å²) >= 11 is 13.4. The first-order valence-corrected chi connectivity index (χ1v) is 7.00. The van der Waals surface area contributed by atoms with Crippen LogP contribution < -0.4 is 0 Å². The van der Waals surface area contributed by atoms with Gasteiger partial charge in [-0.05, 0) is 36.8 Å². The molecule has 2 aromatic carbocycles. The van der Waals surface area contributed by atoms with Gasteiger partial charge in [0.05, 0.1) is 16.7 Å². The highest BCUT2D eigenvalue weighted by molar-refractivity contribution is 7.99. The zero-order valence-corrected chi connectivity index (χ0v) is 12.1. The fraction of sp³-hybridized carbons (Fsp3) is 0.143. The molecule has 94 valence electrons. The van der Waals surface area contributed by atoms with Gasteiger partial charge in [-0.25, -0.2) is 0 Å². The highest BCUT2D eigenvalue weighted by atomic mass is 35.5. The second-order valence-electron chi connectivity index (χ2n) is 3.95. The van der Waals surface area contributed by atoms with Crippen LogP contribution in [0.3, 0.4) is 0 Å². The minimum absolute atomic E-state index is 0.0331. The fourth-order valence-corrected chi connectivity index (χ4v) is 2.92. The monoisotopic (exact) mass is 298 g/mol. The van der Waals surface area contributed by atoms with Crippen molar-refractivity contribution in [1.29, 1.82) is 0 Å². The van der Waals surface area contributed by atoms with Crippen molar-refractivity contribution in [2.45, 2.75) is 23.3 Å². The molecule has 0 radical (unpaired) electrons. The van der Waals surface area contributed by atoms with Crippen LogP contribution in [0, 0.1) is 6.92 Å². The summed E-state index contributed by atoms with van der Waals surface area (Å²) in [5.74, 6) is 0. The van der Waals surface area contributed by atoms with Crippen molar-refractivity contribution in [3.8, 4) is 0 Å². The zero-order chi connectivity index (χ0) is 13.1. The third-order valence-electron chi connectivity index (χ3n) is 2.51. The molecule has 0 saturated heterocycles. The van der Waals surface area contributed by atoms with Gasteiger partial charge >= 0.3 is 0 Å². The summed E-state index contributed by atoms with van der Waals surface area (Å²) in [6, 6.07) is 11.5. The molecule has 1 N–H and O–H groups in total. The molecule has 0 aliphatic rings. The summed E-state index contributed by atoms with van der Waals surface area (Å²) < 4.78 is 0. The third kappa shape index (κ3) is 3.21. The summed E-state index contributed by atoms with van der Waals surface area (Å²) in [6.45, 7) is 2.04. The Balaban J connectivity index is 2.30. The van der Waals surface area contributed by atoms with Gasteiger partial charge in [-0.2, -0.15) is 0 Å². The molecular formula is C14H12Cl2OS. The molecule has 4 heteroatoms. The average molecular weight is 299 g/mol. The van der Waals surface area contributed by atoms with E-state index in [9.17, 15) is 5.11 Å². The summed E-state index contributed by atoms with van der Waals surface area (Å²) in [7, 11) is 0. The lowest BCUT2D eigenvalue weighted by Gasteiger charge is -2.08. The van der Waals surface area contributed by atoms with Crippen LogP contribution >= 0.6 is 35.0 Å². The van der Waals surface area contributed by atoms with Crippen molar-refractivity contribution in [2.24, 2.45) is 0 Å². The predicted molar refractivity (Wildman–Crippen MR) is 77.7 cm³/mol. The molecule has 1 nitrogen and oxygen atoms in total.